The molecule has 5 rings (SSSR count). The van der Waals surface area contributed by atoms with Gasteiger partial charge >= 0.3 is 0 Å². The molecule has 198 valence electrons. The van der Waals surface area contributed by atoms with Crippen LogP contribution in [0.2, 0.25) is 0 Å². The van der Waals surface area contributed by atoms with E-state index in [2.05, 4.69) is 26.0 Å². The Morgan fingerprint density at radius 3 is 2.54 bits per heavy atom. The third-order valence-electron chi connectivity index (χ3n) is 7.63. The van der Waals surface area contributed by atoms with Gasteiger partial charge in [-0.1, -0.05) is 0 Å². The van der Waals surface area contributed by atoms with Crippen LogP contribution < -0.4 is 21.5 Å². The van der Waals surface area contributed by atoms with Gasteiger partial charge in [-0.15, -0.1) is 0 Å². The highest BCUT2D eigenvalue weighted by Gasteiger charge is 2.28. The highest BCUT2D eigenvalue weighted by atomic mass is 16.5. The molecule has 2 fully saturated rings. The van der Waals surface area contributed by atoms with Crippen LogP contribution in [0, 0.1) is 0 Å². The number of aromatic nitrogens is 4. The lowest BCUT2D eigenvalue weighted by atomic mass is 9.92. The lowest BCUT2D eigenvalue weighted by Gasteiger charge is -2.29. The van der Waals surface area contributed by atoms with E-state index < -0.39 is 0 Å². The summed E-state index contributed by atoms with van der Waals surface area (Å²) >= 11 is 0. The summed E-state index contributed by atoms with van der Waals surface area (Å²) < 4.78 is 14.3. The molecule has 37 heavy (non-hydrogen) atoms. The van der Waals surface area contributed by atoms with Gasteiger partial charge in [0.15, 0.2) is 5.65 Å². The molecule has 2 saturated carbocycles. The molecule has 2 atom stereocenters. The van der Waals surface area contributed by atoms with E-state index in [0.717, 1.165) is 44.9 Å². The van der Waals surface area contributed by atoms with E-state index in [1.807, 2.05) is 12.3 Å². The maximum Gasteiger partial charge on any atom is 0.274 e. The van der Waals surface area contributed by atoms with E-state index in [4.69, 9.17) is 9.47 Å². The number of hydrogen-bond donors (Lipinski definition) is 3. The van der Waals surface area contributed by atoms with Crippen LogP contribution in [0.25, 0.3) is 5.65 Å². The van der Waals surface area contributed by atoms with E-state index >= 15 is 0 Å². The lowest BCUT2D eigenvalue weighted by molar-refractivity contribution is 0.0580. The topological polar surface area (TPSA) is 124 Å². The Labute approximate surface area is 215 Å². The Kier molecular flexibility index (Phi) is 7.43. The Bertz CT molecular complexity index is 1310. The number of ether oxygens (including phenoxy) is 2. The van der Waals surface area contributed by atoms with Gasteiger partial charge in [-0.25, -0.2) is 4.98 Å². The molecule has 0 unspecified atom stereocenters. The molecule has 11 nitrogen and oxygen atoms in total. The number of nitrogens with one attached hydrogen (secondary N) is 3. The van der Waals surface area contributed by atoms with Crippen LogP contribution in [-0.4, -0.2) is 64.6 Å². The molecular weight excluding hydrogens is 474 g/mol. The van der Waals surface area contributed by atoms with Crippen LogP contribution in [-0.2, 0) is 9.47 Å². The summed E-state index contributed by atoms with van der Waals surface area (Å²) in [5, 5.41) is 13.7. The molecule has 0 bridgehead atoms. The van der Waals surface area contributed by atoms with Crippen molar-refractivity contribution in [3.8, 4) is 0 Å². The average molecular weight is 510 g/mol. The van der Waals surface area contributed by atoms with Gasteiger partial charge in [0.25, 0.3) is 11.5 Å². The van der Waals surface area contributed by atoms with Gasteiger partial charge in [0, 0.05) is 45.6 Å². The van der Waals surface area contributed by atoms with Crippen LogP contribution in [0.5, 0.6) is 0 Å². The third-order valence-corrected chi connectivity index (χ3v) is 7.63. The summed E-state index contributed by atoms with van der Waals surface area (Å²) in [5.41, 5.74) is 1.11. The van der Waals surface area contributed by atoms with E-state index in [0.29, 0.717) is 28.5 Å². The van der Waals surface area contributed by atoms with E-state index in [1.165, 1.54) is 6.20 Å². The molecule has 3 aromatic heterocycles. The molecule has 3 heterocycles. The largest absolute Gasteiger partial charge is 0.381 e. The second-order valence-electron chi connectivity index (χ2n) is 9.84. The van der Waals surface area contributed by atoms with E-state index in [1.54, 1.807) is 42.5 Å². The smallest absolute Gasteiger partial charge is 0.274 e. The summed E-state index contributed by atoms with van der Waals surface area (Å²) in [5.74, 6) is 0.864. The number of carbonyl (C=O) groups excluding carboxylic acids is 1. The minimum absolute atomic E-state index is 0.0548. The number of carbonyl (C=O) groups is 1. The van der Waals surface area contributed by atoms with Gasteiger partial charge in [0.05, 0.1) is 18.4 Å². The summed E-state index contributed by atoms with van der Waals surface area (Å²) in [4.78, 5) is 31.1. The number of hydrogen-bond acceptors (Lipinski definition) is 8. The molecule has 0 spiro atoms. The molecule has 0 saturated heterocycles. The van der Waals surface area contributed by atoms with E-state index in [9.17, 15) is 9.59 Å². The van der Waals surface area contributed by atoms with Crippen LogP contribution in [0.3, 0.4) is 0 Å². The van der Waals surface area contributed by atoms with Crippen molar-refractivity contribution in [2.24, 2.45) is 0 Å². The van der Waals surface area contributed by atoms with Crippen LogP contribution in [0.15, 0.2) is 35.4 Å². The van der Waals surface area contributed by atoms with E-state index in [-0.39, 0.29) is 35.8 Å². The van der Waals surface area contributed by atoms with Gasteiger partial charge in [0.1, 0.15) is 22.9 Å². The average Bonchev–Trinajstić information content (AvgIpc) is 3.56. The minimum atomic E-state index is -0.225. The van der Waals surface area contributed by atoms with Crippen molar-refractivity contribution in [2.75, 3.05) is 31.9 Å². The lowest BCUT2D eigenvalue weighted by Crippen LogP contribution is -2.33. The second kappa shape index (κ2) is 10.9. The monoisotopic (exact) mass is 509 g/mol. The molecule has 0 aliphatic heterocycles. The fraction of sp³-hybridized carbons (Fsp3) is 0.538. The van der Waals surface area contributed by atoms with Gasteiger partial charge in [-0.05, 0) is 57.1 Å². The molecule has 0 radical (unpaired) electrons. The van der Waals surface area contributed by atoms with Gasteiger partial charge in [0.2, 0.25) is 0 Å². The molecule has 3 aromatic rings. The molecule has 2 aliphatic carbocycles. The number of amides is 1. The van der Waals surface area contributed by atoms with Gasteiger partial charge in [-0.2, -0.15) is 9.61 Å². The number of pyridine rings is 1. The van der Waals surface area contributed by atoms with Crippen LogP contribution in [0.4, 0.5) is 17.3 Å². The minimum Gasteiger partial charge on any atom is -0.381 e. The van der Waals surface area contributed by atoms with Crippen molar-refractivity contribution in [1.82, 2.24) is 24.5 Å². The molecule has 0 aromatic carbocycles. The number of methoxy groups -OCH3 is 2. The Morgan fingerprint density at radius 2 is 1.84 bits per heavy atom. The van der Waals surface area contributed by atoms with Gasteiger partial charge in [-0.3, -0.25) is 9.59 Å². The van der Waals surface area contributed by atoms with Gasteiger partial charge < -0.3 is 30.0 Å². The zero-order valence-corrected chi connectivity index (χ0v) is 21.6. The first-order valence-electron chi connectivity index (χ1n) is 12.9. The van der Waals surface area contributed by atoms with Crippen molar-refractivity contribution in [3.05, 3.63) is 46.5 Å². The Balaban J connectivity index is 1.39. The molecule has 11 heteroatoms. The van der Waals surface area contributed by atoms with Crippen molar-refractivity contribution in [3.63, 3.8) is 0 Å². The fourth-order valence-corrected chi connectivity index (χ4v) is 5.50. The molecule has 1 amide bonds. The number of anilines is 3. The first-order chi connectivity index (χ1) is 18.0. The Hall–Kier alpha value is -3.44. The predicted octanol–water partition coefficient (Wildman–Crippen LogP) is 3.10. The first-order valence-corrected chi connectivity index (χ1v) is 12.9. The number of fused-ring (bicyclic) bond motifs is 1. The summed E-state index contributed by atoms with van der Waals surface area (Å²) in [6, 6.07) is 5.58. The van der Waals surface area contributed by atoms with Crippen LogP contribution in [0.1, 0.15) is 61.3 Å². The highest BCUT2D eigenvalue weighted by Crippen LogP contribution is 2.29. The van der Waals surface area contributed by atoms with Crippen molar-refractivity contribution in [2.45, 2.75) is 69.2 Å². The molecule has 2 aliphatic rings. The predicted molar refractivity (Wildman–Crippen MR) is 141 cm³/mol. The summed E-state index contributed by atoms with van der Waals surface area (Å²) in [7, 11) is 5.21. The summed E-state index contributed by atoms with van der Waals surface area (Å²) in [6.45, 7) is 0. The highest BCUT2D eigenvalue weighted by molar-refractivity contribution is 6.00. The van der Waals surface area contributed by atoms with Crippen molar-refractivity contribution in [1.29, 1.82) is 0 Å². The maximum atomic E-state index is 13.3. The maximum absolute atomic E-state index is 13.3. The number of nitrogens with zero attached hydrogens (tertiary/aromatic N) is 4. The van der Waals surface area contributed by atoms with Crippen molar-refractivity contribution >= 4 is 28.9 Å². The quantitative estimate of drug-likeness (QED) is 0.423. The van der Waals surface area contributed by atoms with Crippen LogP contribution >= 0.6 is 0 Å². The third kappa shape index (κ3) is 5.19. The SMILES string of the molecule is CNc1cc(Nc2cccn([C@H]3CC[C@H](OC)CC3)c2=O)nc2c(C(=O)N[C@H]3CC[C@H](OC)C3)cnn12. The zero-order chi connectivity index (χ0) is 25.9. The standard InChI is InChI=1S/C26H35N7O4/c1-27-23-14-22(30-21-5-4-12-32(26(21)35)17-7-10-18(36-2)11-8-17)31-24-20(15-28-33(23)24)25(34)29-16-6-9-19(13-16)37-3/h4-5,12,14-19,27H,6-11,13H2,1-3H3,(H,29,34)(H,30,31)/t16-,17-,18-,19-/m0/s1. The normalized spacial score (nSPS) is 23.8. The van der Waals surface area contributed by atoms with Crippen molar-refractivity contribution < 1.29 is 14.3 Å². The fourth-order valence-electron chi connectivity index (χ4n) is 5.50. The molecular formula is C26H35N7O4. The summed E-state index contributed by atoms with van der Waals surface area (Å²) in [6.07, 6.45) is 10.1. The number of rotatable bonds is 8. The Morgan fingerprint density at radius 1 is 1.08 bits per heavy atom. The molecule has 3 N–H and O–H groups in total. The zero-order valence-electron chi connectivity index (χ0n) is 21.6. The first kappa shape index (κ1) is 25.2. The second-order valence-corrected chi connectivity index (χ2v) is 9.84.